The summed E-state index contributed by atoms with van der Waals surface area (Å²) in [5.74, 6) is 0.573. The number of hydrogen-bond donors (Lipinski definition) is 1. The zero-order chi connectivity index (χ0) is 18.2. The van der Waals surface area contributed by atoms with E-state index >= 15 is 0 Å². The molecule has 3 rings (SSSR count). The Morgan fingerprint density at radius 2 is 1.50 bits per heavy atom. The Bertz CT molecular complexity index is 831. The number of carbonyl (C=O) groups is 1. The van der Waals surface area contributed by atoms with E-state index in [1.807, 2.05) is 79.7 Å². The average Bonchev–Trinajstić information content (AvgIpc) is 2.69. The molecule has 1 amide bonds. The molecular weight excluding hydrogens is 322 g/mol. The first-order valence-corrected chi connectivity index (χ1v) is 8.90. The summed E-state index contributed by atoms with van der Waals surface area (Å²) >= 11 is 0. The minimum atomic E-state index is -0.526. The fourth-order valence-corrected chi connectivity index (χ4v) is 2.81. The van der Waals surface area contributed by atoms with Crippen LogP contribution in [0.2, 0.25) is 0 Å². The predicted molar refractivity (Wildman–Crippen MR) is 105 cm³/mol. The van der Waals surface area contributed by atoms with E-state index in [1.165, 1.54) is 5.56 Å². The Hall–Kier alpha value is -3.07. The fraction of sp³-hybridized carbons (Fsp3) is 0.174. The SMILES string of the molecule is CCC(Oc1ccccc1)C(=O)Nc1ccccc1Cc1ccccc1. The molecule has 0 aliphatic heterocycles. The summed E-state index contributed by atoms with van der Waals surface area (Å²) in [6, 6.07) is 27.6. The number of amides is 1. The molecule has 0 heterocycles. The number of rotatable bonds is 7. The maximum Gasteiger partial charge on any atom is 0.265 e. The maximum atomic E-state index is 12.7. The third-order valence-electron chi connectivity index (χ3n) is 4.20. The number of anilines is 1. The minimum Gasteiger partial charge on any atom is -0.481 e. The largest absolute Gasteiger partial charge is 0.481 e. The quantitative estimate of drug-likeness (QED) is 0.649. The first-order chi connectivity index (χ1) is 12.8. The minimum absolute atomic E-state index is 0.128. The van der Waals surface area contributed by atoms with Gasteiger partial charge in [-0.25, -0.2) is 0 Å². The van der Waals surface area contributed by atoms with Gasteiger partial charge in [0.2, 0.25) is 0 Å². The number of carbonyl (C=O) groups excluding carboxylic acids is 1. The monoisotopic (exact) mass is 345 g/mol. The average molecular weight is 345 g/mol. The highest BCUT2D eigenvalue weighted by Gasteiger charge is 2.19. The summed E-state index contributed by atoms with van der Waals surface area (Å²) in [4.78, 5) is 12.7. The van der Waals surface area contributed by atoms with E-state index in [0.717, 1.165) is 17.7 Å². The van der Waals surface area contributed by atoms with Crippen molar-refractivity contribution in [3.8, 4) is 5.75 Å². The lowest BCUT2D eigenvalue weighted by Gasteiger charge is -2.18. The molecule has 0 saturated carbocycles. The third kappa shape index (κ3) is 4.73. The van der Waals surface area contributed by atoms with Gasteiger partial charge in [0.05, 0.1) is 0 Å². The van der Waals surface area contributed by atoms with Crippen LogP contribution in [0.3, 0.4) is 0 Å². The molecule has 3 heteroatoms. The first kappa shape index (κ1) is 17.7. The van der Waals surface area contributed by atoms with E-state index in [9.17, 15) is 4.79 Å². The van der Waals surface area contributed by atoms with Crippen molar-refractivity contribution < 1.29 is 9.53 Å². The molecular formula is C23H23NO2. The molecule has 3 nitrogen and oxygen atoms in total. The van der Waals surface area contributed by atoms with Gasteiger partial charge in [0.25, 0.3) is 5.91 Å². The van der Waals surface area contributed by atoms with E-state index in [1.54, 1.807) is 0 Å². The van der Waals surface area contributed by atoms with E-state index < -0.39 is 6.10 Å². The highest BCUT2D eigenvalue weighted by molar-refractivity contribution is 5.95. The van der Waals surface area contributed by atoms with Crippen LogP contribution in [0.15, 0.2) is 84.9 Å². The summed E-state index contributed by atoms with van der Waals surface area (Å²) in [6.07, 6.45) is 0.844. The summed E-state index contributed by atoms with van der Waals surface area (Å²) in [5.41, 5.74) is 3.12. The second-order valence-electron chi connectivity index (χ2n) is 6.14. The molecule has 3 aromatic carbocycles. The molecule has 132 valence electrons. The van der Waals surface area contributed by atoms with Crippen molar-refractivity contribution in [1.82, 2.24) is 0 Å². The number of ether oxygens (including phenoxy) is 1. The van der Waals surface area contributed by atoms with Gasteiger partial charge >= 0.3 is 0 Å². The van der Waals surface area contributed by atoms with Crippen LogP contribution < -0.4 is 10.1 Å². The molecule has 0 radical (unpaired) electrons. The van der Waals surface area contributed by atoms with Gasteiger partial charge in [-0.3, -0.25) is 4.79 Å². The third-order valence-corrected chi connectivity index (χ3v) is 4.20. The van der Waals surface area contributed by atoms with Crippen molar-refractivity contribution in [3.05, 3.63) is 96.1 Å². The number of hydrogen-bond acceptors (Lipinski definition) is 2. The second kappa shape index (κ2) is 8.86. The second-order valence-corrected chi connectivity index (χ2v) is 6.14. The molecule has 0 aliphatic carbocycles. The van der Waals surface area contributed by atoms with Gasteiger partial charge in [0, 0.05) is 5.69 Å². The summed E-state index contributed by atoms with van der Waals surface area (Å²) in [6.45, 7) is 1.95. The summed E-state index contributed by atoms with van der Waals surface area (Å²) < 4.78 is 5.84. The van der Waals surface area contributed by atoms with Crippen molar-refractivity contribution in [2.75, 3.05) is 5.32 Å². The van der Waals surface area contributed by atoms with Gasteiger partial charge in [-0.15, -0.1) is 0 Å². The lowest BCUT2D eigenvalue weighted by atomic mass is 10.0. The number of benzene rings is 3. The first-order valence-electron chi connectivity index (χ1n) is 8.90. The van der Waals surface area contributed by atoms with Gasteiger partial charge in [-0.2, -0.15) is 0 Å². The molecule has 3 aromatic rings. The normalized spacial score (nSPS) is 11.6. The Kier molecular flexibility index (Phi) is 6.05. The molecule has 0 aromatic heterocycles. The van der Waals surface area contributed by atoms with E-state index in [-0.39, 0.29) is 5.91 Å². The molecule has 26 heavy (non-hydrogen) atoms. The molecule has 0 spiro atoms. The van der Waals surface area contributed by atoms with Crippen LogP contribution >= 0.6 is 0 Å². The molecule has 0 saturated heterocycles. The summed E-state index contributed by atoms with van der Waals surface area (Å²) in [7, 11) is 0. The van der Waals surface area contributed by atoms with E-state index in [2.05, 4.69) is 17.4 Å². The van der Waals surface area contributed by atoms with Crippen LogP contribution in [0.4, 0.5) is 5.69 Å². The van der Waals surface area contributed by atoms with Gasteiger partial charge in [-0.1, -0.05) is 73.7 Å². The van der Waals surface area contributed by atoms with Crippen LogP contribution in [0.25, 0.3) is 0 Å². The Labute approximate surface area is 154 Å². The van der Waals surface area contributed by atoms with E-state index in [0.29, 0.717) is 12.2 Å². The topological polar surface area (TPSA) is 38.3 Å². The standard InChI is InChI=1S/C23H23NO2/c1-2-22(26-20-14-7-4-8-15-20)23(25)24-21-16-10-9-13-19(21)17-18-11-5-3-6-12-18/h3-16,22H,2,17H2,1H3,(H,24,25). The Morgan fingerprint density at radius 1 is 0.885 bits per heavy atom. The van der Waals surface area contributed by atoms with Crippen molar-refractivity contribution in [2.24, 2.45) is 0 Å². The fourth-order valence-electron chi connectivity index (χ4n) is 2.81. The predicted octanol–water partition coefficient (Wildman–Crippen LogP) is 5.07. The molecule has 1 atom stereocenters. The lowest BCUT2D eigenvalue weighted by Crippen LogP contribution is -2.32. The highest BCUT2D eigenvalue weighted by Crippen LogP contribution is 2.20. The molecule has 1 N–H and O–H groups in total. The van der Waals surface area contributed by atoms with Gasteiger partial charge in [0.1, 0.15) is 5.75 Å². The van der Waals surface area contributed by atoms with Crippen molar-refractivity contribution in [1.29, 1.82) is 0 Å². The molecule has 0 fully saturated rings. The van der Waals surface area contributed by atoms with Crippen LogP contribution in [0.1, 0.15) is 24.5 Å². The molecule has 1 unspecified atom stereocenters. The highest BCUT2D eigenvalue weighted by atomic mass is 16.5. The van der Waals surface area contributed by atoms with Gasteiger partial charge in [-0.05, 0) is 42.2 Å². The Morgan fingerprint density at radius 3 is 2.19 bits per heavy atom. The van der Waals surface area contributed by atoms with Gasteiger partial charge < -0.3 is 10.1 Å². The molecule has 0 aliphatic rings. The van der Waals surface area contributed by atoms with Crippen molar-refractivity contribution >= 4 is 11.6 Å². The smallest absolute Gasteiger partial charge is 0.265 e. The number of para-hydroxylation sites is 2. The zero-order valence-electron chi connectivity index (χ0n) is 14.9. The zero-order valence-corrected chi connectivity index (χ0v) is 14.9. The lowest BCUT2D eigenvalue weighted by molar-refractivity contribution is -0.122. The Balaban J connectivity index is 1.72. The van der Waals surface area contributed by atoms with Crippen molar-refractivity contribution in [3.63, 3.8) is 0 Å². The van der Waals surface area contributed by atoms with Crippen LogP contribution in [0, 0.1) is 0 Å². The van der Waals surface area contributed by atoms with Crippen LogP contribution in [0.5, 0.6) is 5.75 Å². The number of nitrogens with one attached hydrogen (secondary N) is 1. The van der Waals surface area contributed by atoms with Crippen LogP contribution in [-0.4, -0.2) is 12.0 Å². The van der Waals surface area contributed by atoms with Crippen LogP contribution in [-0.2, 0) is 11.2 Å². The summed E-state index contributed by atoms with van der Waals surface area (Å²) in [5, 5.41) is 3.04. The maximum absolute atomic E-state index is 12.7. The van der Waals surface area contributed by atoms with E-state index in [4.69, 9.17) is 4.74 Å². The molecule has 0 bridgehead atoms. The van der Waals surface area contributed by atoms with Crippen molar-refractivity contribution in [2.45, 2.75) is 25.9 Å². The van der Waals surface area contributed by atoms with Gasteiger partial charge in [0.15, 0.2) is 6.10 Å².